The first-order valence-corrected chi connectivity index (χ1v) is 8.20. The van der Waals surface area contributed by atoms with E-state index in [2.05, 4.69) is 11.9 Å². The van der Waals surface area contributed by atoms with Crippen LogP contribution in [0, 0.1) is 0 Å². The third-order valence-electron chi connectivity index (χ3n) is 3.94. The molecule has 1 aromatic carbocycles. The number of rotatable bonds is 9. The summed E-state index contributed by atoms with van der Waals surface area (Å²) in [6.07, 6.45) is 11.1. The number of benzene rings is 1. The van der Waals surface area contributed by atoms with E-state index in [-0.39, 0.29) is 5.78 Å². The average Bonchev–Trinajstić information content (AvgIpc) is 2.53. The summed E-state index contributed by atoms with van der Waals surface area (Å²) >= 11 is 0. The molecule has 0 aliphatic heterocycles. The molecule has 0 bridgehead atoms. The molecule has 0 radical (unpaired) electrons. The summed E-state index contributed by atoms with van der Waals surface area (Å²) in [5.41, 5.74) is 1.62. The van der Waals surface area contributed by atoms with Crippen LogP contribution in [0.1, 0.15) is 68.6 Å². The van der Waals surface area contributed by atoms with E-state index in [0.717, 1.165) is 29.3 Å². The van der Waals surface area contributed by atoms with Crippen LogP contribution in [0.3, 0.4) is 0 Å². The van der Waals surface area contributed by atoms with Crippen LogP contribution in [-0.2, 0) is 0 Å². The van der Waals surface area contributed by atoms with Gasteiger partial charge in [0.2, 0.25) is 0 Å². The molecule has 1 aromatic heterocycles. The molecule has 21 heavy (non-hydrogen) atoms. The van der Waals surface area contributed by atoms with Gasteiger partial charge in [-0.3, -0.25) is 9.78 Å². The maximum absolute atomic E-state index is 12.4. The van der Waals surface area contributed by atoms with Crippen molar-refractivity contribution in [3.8, 4) is 0 Å². The van der Waals surface area contributed by atoms with Crippen LogP contribution in [0.5, 0.6) is 0 Å². The van der Waals surface area contributed by atoms with Crippen molar-refractivity contribution < 1.29 is 4.79 Å². The highest BCUT2D eigenvalue weighted by atomic mass is 16.1. The Morgan fingerprint density at radius 2 is 1.67 bits per heavy atom. The van der Waals surface area contributed by atoms with Crippen LogP contribution < -0.4 is 0 Å². The van der Waals surface area contributed by atoms with Crippen molar-refractivity contribution in [1.29, 1.82) is 0 Å². The minimum absolute atomic E-state index is 0.229. The molecule has 0 saturated carbocycles. The molecule has 0 aliphatic carbocycles. The Bertz CT molecular complexity index is 571. The third kappa shape index (κ3) is 4.66. The van der Waals surface area contributed by atoms with Crippen LogP contribution in [0.4, 0.5) is 0 Å². The highest BCUT2D eigenvalue weighted by Gasteiger charge is 2.10. The first-order valence-electron chi connectivity index (χ1n) is 8.20. The van der Waals surface area contributed by atoms with E-state index in [9.17, 15) is 4.79 Å². The quantitative estimate of drug-likeness (QED) is 0.445. The molecule has 0 aliphatic rings. The molecule has 2 aromatic rings. The number of hydrogen-bond acceptors (Lipinski definition) is 2. The number of unbranched alkanes of at least 4 members (excludes halogenated alkanes) is 6. The number of pyridine rings is 1. The first kappa shape index (κ1) is 15.7. The van der Waals surface area contributed by atoms with E-state index in [1.54, 1.807) is 6.20 Å². The van der Waals surface area contributed by atoms with E-state index >= 15 is 0 Å². The summed E-state index contributed by atoms with van der Waals surface area (Å²) in [5, 5.41) is 1.04. The van der Waals surface area contributed by atoms with Crippen LogP contribution in [0.15, 0.2) is 36.5 Å². The molecule has 2 nitrogen and oxygen atoms in total. The first-order chi connectivity index (χ1) is 10.3. The molecular weight excluding hydrogens is 258 g/mol. The molecule has 1 heterocycles. The Morgan fingerprint density at radius 1 is 0.952 bits per heavy atom. The highest BCUT2D eigenvalue weighted by Crippen LogP contribution is 2.19. The molecule has 112 valence electrons. The van der Waals surface area contributed by atoms with Crippen molar-refractivity contribution in [3.05, 3.63) is 42.1 Å². The van der Waals surface area contributed by atoms with E-state index in [4.69, 9.17) is 0 Å². The Kier molecular flexibility index (Phi) is 6.39. The monoisotopic (exact) mass is 283 g/mol. The van der Waals surface area contributed by atoms with Gasteiger partial charge in [0.15, 0.2) is 5.78 Å². The number of carbonyl (C=O) groups excluding carboxylic acids is 1. The number of aromatic nitrogens is 1. The van der Waals surface area contributed by atoms with Gasteiger partial charge in [-0.25, -0.2) is 0 Å². The molecule has 0 saturated heterocycles. The Balaban J connectivity index is 1.83. The second-order valence-electron chi connectivity index (χ2n) is 5.68. The fourth-order valence-electron chi connectivity index (χ4n) is 2.71. The van der Waals surface area contributed by atoms with E-state index in [1.807, 2.05) is 30.3 Å². The second kappa shape index (κ2) is 8.56. The smallest absolute Gasteiger partial charge is 0.165 e. The van der Waals surface area contributed by atoms with Crippen LogP contribution >= 0.6 is 0 Å². The minimum Gasteiger partial charge on any atom is -0.294 e. The molecule has 2 rings (SSSR count). The molecule has 0 fully saturated rings. The molecule has 2 heteroatoms. The summed E-state index contributed by atoms with van der Waals surface area (Å²) in [5.74, 6) is 0.229. The van der Waals surface area contributed by atoms with Gasteiger partial charge >= 0.3 is 0 Å². The van der Waals surface area contributed by atoms with Crippen molar-refractivity contribution in [2.75, 3.05) is 0 Å². The normalized spacial score (nSPS) is 10.9. The molecule has 0 atom stereocenters. The van der Waals surface area contributed by atoms with Gasteiger partial charge < -0.3 is 0 Å². The number of Topliss-reactive ketones (excluding diaryl/α,β-unsaturated/α-hetero) is 1. The lowest BCUT2D eigenvalue weighted by Gasteiger charge is -2.05. The zero-order chi connectivity index (χ0) is 14.9. The maximum atomic E-state index is 12.4. The van der Waals surface area contributed by atoms with Gasteiger partial charge in [0.05, 0.1) is 5.52 Å². The number of ketones is 1. The van der Waals surface area contributed by atoms with Gasteiger partial charge in [0, 0.05) is 23.6 Å². The van der Waals surface area contributed by atoms with E-state index in [1.165, 1.54) is 32.1 Å². The molecule has 0 N–H and O–H groups in total. The Morgan fingerprint density at radius 3 is 2.48 bits per heavy atom. The van der Waals surface area contributed by atoms with Crippen molar-refractivity contribution in [2.24, 2.45) is 0 Å². The van der Waals surface area contributed by atoms with E-state index < -0.39 is 0 Å². The van der Waals surface area contributed by atoms with Crippen LogP contribution in [-0.4, -0.2) is 10.8 Å². The van der Waals surface area contributed by atoms with Gasteiger partial charge in [-0.2, -0.15) is 0 Å². The van der Waals surface area contributed by atoms with Gasteiger partial charge in [-0.1, -0.05) is 63.6 Å². The van der Waals surface area contributed by atoms with Crippen LogP contribution in [0.2, 0.25) is 0 Å². The Labute approximate surface area is 127 Å². The predicted molar refractivity (Wildman–Crippen MR) is 88.7 cm³/mol. The lowest BCUT2D eigenvalue weighted by molar-refractivity contribution is 0.0980. The Hall–Kier alpha value is -1.70. The summed E-state index contributed by atoms with van der Waals surface area (Å²) < 4.78 is 0. The predicted octanol–water partition coefficient (Wildman–Crippen LogP) is 5.56. The van der Waals surface area contributed by atoms with Gasteiger partial charge in [-0.05, 0) is 18.6 Å². The molecular formula is C19H25NO. The van der Waals surface area contributed by atoms with Crippen LogP contribution in [0.25, 0.3) is 10.9 Å². The lowest BCUT2D eigenvalue weighted by Crippen LogP contribution is -2.01. The minimum atomic E-state index is 0.229. The standard InChI is InChI=1S/C19H25NO/c1-2-3-4-5-6-7-8-14-18(21)17-13-9-11-16-12-10-15-20-19(16)17/h9-13,15H,2-8,14H2,1H3. The largest absolute Gasteiger partial charge is 0.294 e. The SMILES string of the molecule is CCCCCCCCCC(=O)c1cccc2cccnc12. The van der Waals surface area contributed by atoms with Gasteiger partial charge in [0.1, 0.15) is 0 Å². The number of carbonyl (C=O) groups is 1. The number of fused-ring (bicyclic) bond motifs is 1. The average molecular weight is 283 g/mol. The van der Waals surface area contributed by atoms with Crippen molar-refractivity contribution >= 4 is 16.7 Å². The fraction of sp³-hybridized carbons (Fsp3) is 0.474. The van der Waals surface area contributed by atoms with Crippen molar-refractivity contribution in [2.45, 2.75) is 58.3 Å². The van der Waals surface area contributed by atoms with Gasteiger partial charge in [-0.15, -0.1) is 0 Å². The molecule has 0 unspecified atom stereocenters. The number of nitrogens with zero attached hydrogens (tertiary/aromatic N) is 1. The number of para-hydroxylation sites is 1. The molecule has 0 spiro atoms. The summed E-state index contributed by atoms with van der Waals surface area (Å²) in [6, 6.07) is 9.77. The topological polar surface area (TPSA) is 30.0 Å². The second-order valence-corrected chi connectivity index (χ2v) is 5.68. The summed E-state index contributed by atoms with van der Waals surface area (Å²) in [7, 11) is 0. The van der Waals surface area contributed by atoms with E-state index in [0.29, 0.717) is 6.42 Å². The summed E-state index contributed by atoms with van der Waals surface area (Å²) in [6.45, 7) is 2.23. The fourth-order valence-corrected chi connectivity index (χ4v) is 2.71. The van der Waals surface area contributed by atoms with Gasteiger partial charge in [0.25, 0.3) is 0 Å². The lowest BCUT2D eigenvalue weighted by atomic mass is 10.0. The zero-order valence-electron chi connectivity index (χ0n) is 13.0. The van der Waals surface area contributed by atoms with Crippen molar-refractivity contribution in [1.82, 2.24) is 4.98 Å². The third-order valence-corrected chi connectivity index (χ3v) is 3.94. The highest BCUT2D eigenvalue weighted by molar-refractivity contribution is 6.06. The zero-order valence-corrected chi connectivity index (χ0v) is 13.0. The maximum Gasteiger partial charge on any atom is 0.165 e. The summed E-state index contributed by atoms with van der Waals surface area (Å²) in [4.78, 5) is 16.7. The molecule has 0 amide bonds. The number of hydrogen-bond donors (Lipinski definition) is 0. The van der Waals surface area contributed by atoms with Crippen molar-refractivity contribution in [3.63, 3.8) is 0 Å².